The summed E-state index contributed by atoms with van der Waals surface area (Å²) in [6.45, 7) is 2.65. The van der Waals surface area contributed by atoms with Crippen molar-refractivity contribution in [3.63, 3.8) is 0 Å². The third-order valence-corrected chi connectivity index (χ3v) is 2.19. The van der Waals surface area contributed by atoms with Gasteiger partial charge in [0.25, 0.3) is 0 Å². The molecule has 96 valence electrons. The summed E-state index contributed by atoms with van der Waals surface area (Å²) < 4.78 is 14.8. The van der Waals surface area contributed by atoms with E-state index in [9.17, 15) is 4.79 Å². The van der Waals surface area contributed by atoms with Gasteiger partial charge in [0.2, 0.25) is 11.7 Å². The third kappa shape index (κ3) is 2.95. The molecule has 0 spiro atoms. The summed E-state index contributed by atoms with van der Waals surface area (Å²) in [4.78, 5) is 15.2. The van der Waals surface area contributed by atoms with Crippen LogP contribution in [0.2, 0.25) is 0 Å². The molecule has 0 saturated carbocycles. The maximum atomic E-state index is 11.2. The molecule has 0 aliphatic rings. The van der Waals surface area contributed by atoms with Crippen molar-refractivity contribution in [2.24, 2.45) is 0 Å². The summed E-state index contributed by atoms with van der Waals surface area (Å²) in [5, 5.41) is 6.73. The Kier molecular flexibility index (Phi) is 3.73. The van der Waals surface area contributed by atoms with E-state index in [1.807, 2.05) is 0 Å². The molecule has 18 heavy (non-hydrogen) atoms. The molecule has 0 amide bonds. The molecule has 0 aliphatic carbocycles. The van der Waals surface area contributed by atoms with Gasteiger partial charge in [-0.25, -0.2) is 4.79 Å². The highest BCUT2D eigenvalue weighted by molar-refractivity contribution is 5.86. The van der Waals surface area contributed by atoms with Crippen LogP contribution in [0.15, 0.2) is 21.1 Å². The Hall–Kier alpha value is -2.15. The topological polar surface area (TPSA) is 90.4 Å². The van der Waals surface area contributed by atoms with Gasteiger partial charge in [-0.05, 0) is 19.1 Å². The van der Waals surface area contributed by atoms with Crippen molar-refractivity contribution in [3.05, 3.63) is 35.4 Å². The Bertz CT molecular complexity index is 532. The second-order valence-corrected chi connectivity index (χ2v) is 3.60. The zero-order chi connectivity index (χ0) is 13.0. The van der Waals surface area contributed by atoms with E-state index in [1.165, 1.54) is 7.11 Å². The van der Waals surface area contributed by atoms with Crippen LogP contribution in [0.25, 0.3) is 0 Å². The van der Waals surface area contributed by atoms with E-state index >= 15 is 0 Å². The number of nitrogens with zero attached hydrogens (tertiary/aromatic N) is 2. The van der Waals surface area contributed by atoms with E-state index < -0.39 is 5.97 Å². The lowest BCUT2D eigenvalue weighted by Crippen LogP contribution is -2.12. The number of carbonyl (C=O) groups is 1. The smallest absolute Gasteiger partial charge is 0.373 e. The largest absolute Gasteiger partial charge is 0.463 e. The first-order valence-electron chi connectivity index (χ1n) is 5.36. The lowest BCUT2D eigenvalue weighted by atomic mass is 10.4. The molecule has 2 aromatic heterocycles. The molecule has 0 atom stereocenters. The van der Waals surface area contributed by atoms with Crippen molar-refractivity contribution in [1.29, 1.82) is 0 Å². The molecular formula is C11H13N3O4. The molecule has 2 rings (SSSR count). The number of aromatic nitrogens is 2. The van der Waals surface area contributed by atoms with Crippen molar-refractivity contribution < 1.29 is 18.5 Å². The Balaban J connectivity index is 1.83. The zero-order valence-electron chi connectivity index (χ0n) is 10.1. The van der Waals surface area contributed by atoms with Crippen molar-refractivity contribution in [1.82, 2.24) is 15.5 Å². The van der Waals surface area contributed by atoms with Crippen LogP contribution in [0.1, 0.15) is 28.0 Å². The number of aryl methyl sites for hydroxylation is 1. The SMILES string of the molecule is COC(=O)c1ccc(CNCc2nc(C)no2)o1. The normalized spacial score (nSPS) is 10.6. The van der Waals surface area contributed by atoms with Crippen molar-refractivity contribution >= 4 is 5.97 Å². The van der Waals surface area contributed by atoms with Crippen LogP contribution in [-0.2, 0) is 17.8 Å². The third-order valence-electron chi connectivity index (χ3n) is 2.19. The lowest BCUT2D eigenvalue weighted by Gasteiger charge is -1.98. The van der Waals surface area contributed by atoms with E-state index in [0.29, 0.717) is 30.6 Å². The Morgan fingerprint density at radius 3 is 2.94 bits per heavy atom. The number of ether oxygens (including phenoxy) is 1. The van der Waals surface area contributed by atoms with Gasteiger partial charge in [0.1, 0.15) is 5.76 Å². The maximum Gasteiger partial charge on any atom is 0.373 e. The number of methoxy groups -OCH3 is 1. The minimum absolute atomic E-state index is 0.183. The summed E-state index contributed by atoms with van der Waals surface area (Å²) >= 11 is 0. The average molecular weight is 251 g/mol. The van der Waals surface area contributed by atoms with Crippen molar-refractivity contribution in [2.45, 2.75) is 20.0 Å². The molecule has 7 nitrogen and oxygen atoms in total. The number of hydrogen-bond acceptors (Lipinski definition) is 7. The van der Waals surface area contributed by atoms with Gasteiger partial charge in [0, 0.05) is 0 Å². The molecular weight excluding hydrogens is 238 g/mol. The van der Waals surface area contributed by atoms with Crippen molar-refractivity contribution in [2.75, 3.05) is 7.11 Å². The summed E-state index contributed by atoms with van der Waals surface area (Å²) in [6, 6.07) is 3.28. The van der Waals surface area contributed by atoms with Gasteiger partial charge in [0.05, 0.1) is 20.2 Å². The van der Waals surface area contributed by atoms with Crippen LogP contribution in [0.5, 0.6) is 0 Å². The number of esters is 1. The minimum Gasteiger partial charge on any atom is -0.463 e. The summed E-state index contributed by atoms with van der Waals surface area (Å²) in [5.74, 6) is 1.42. The first-order chi connectivity index (χ1) is 8.69. The molecule has 0 aromatic carbocycles. The van der Waals surface area contributed by atoms with E-state index in [4.69, 9.17) is 8.94 Å². The van der Waals surface area contributed by atoms with Crippen molar-refractivity contribution in [3.8, 4) is 0 Å². The summed E-state index contributed by atoms with van der Waals surface area (Å²) in [5.41, 5.74) is 0. The fourth-order valence-corrected chi connectivity index (χ4v) is 1.39. The van der Waals surface area contributed by atoms with Crippen LogP contribution in [0.4, 0.5) is 0 Å². The molecule has 2 aromatic rings. The molecule has 0 bridgehead atoms. The van der Waals surface area contributed by atoms with E-state index in [0.717, 1.165) is 0 Å². The standard InChI is InChI=1S/C11H13N3O4/c1-7-13-10(18-14-7)6-12-5-8-3-4-9(17-8)11(15)16-2/h3-4,12H,5-6H2,1-2H3. The predicted octanol–water partition coefficient (Wildman–Crippen LogP) is 1.05. The second-order valence-electron chi connectivity index (χ2n) is 3.60. The van der Waals surface area contributed by atoms with E-state index in [2.05, 4.69) is 20.2 Å². The molecule has 7 heteroatoms. The first-order valence-corrected chi connectivity index (χ1v) is 5.36. The number of nitrogens with one attached hydrogen (secondary N) is 1. The quantitative estimate of drug-likeness (QED) is 0.794. The van der Waals surface area contributed by atoms with Gasteiger partial charge < -0.3 is 19.0 Å². The highest BCUT2D eigenvalue weighted by atomic mass is 16.5. The fourth-order valence-electron chi connectivity index (χ4n) is 1.39. The van der Waals surface area contributed by atoms with Gasteiger partial charge in [0.15, 0.2) is 5.82 Å². The Morgan fingerprint density at radius 1 is 1.44 bits per heavy atom. The Labute approximate surface area is 103 Å². The zero-order valence-corrected chi connectivity index (χ0v) is 10.1. The number of carbonyl (C=O) groups excluding carboxylic acids is 1. The van der Waals surface area contributed by atoms with Crippen LogP contribution < -0.4 is 5.32 Å². The summed E-state index contributed by atoms with van der Waals surface area (Å²) in [7, 11) is 1.31. The molecule has 0 aliphatic heterocycles. The first kappa shape index (κ1) is 12.3. The van der Waals surface area contributed by atoms with Crippen LogP contribution in [0, 0.1) is 6.92 Å². The van der Waals surface area contributed by atoms with Gasteiger partial charge in [-0.3, -0.25) is 0 Å². The molecule has 0 unspecified atom stereocenters. The molecule has 2 heterocycles. The number of hydrogen-bond donors (Lipinski definition) is 1. The number of furan rings is 1. The maximum absolute atomic E-state index is 11.2. The molecule has 0 radical (unpaired) electrons. The summed E-state index contributed by atoms with van der Waals surface area (Å²) in [6.07, 6.45) is 0. The van der Waals surface area contributed by atoms with E-state index in [1.54, 1.807) is 19.1 Å². The van der Waals surface area contributed by atoms with Gasteiger partial charge in [-0.15, -0.1) is 0 Å². The van der Waals surface area contributed by atoms with Crippen LogP contribution in [-0.4, -0.2) is 23.2 Å². The Morgan fingerprint density at radius 2 is 2.28 bits per heavy atom. The fraction of sp³-hybridized carbons (Fsp3) is 0.364. The lowest BCUT2D eigenvalue weighted by molar-refractivity contribution is 0.0563. The average Bonchev–Trinajstić information content (AvgIpc) is 2.98. The van der Waals surface area contributed by atoms with Gasteiger partial charge in [-0.1, -0.05) is 5.16 Å². The van der Waals surface area contributed by atoms with Crippen LogP contribution in [0.3, 0.4) is 0 Å². The molecule has 1 N–H and O–H groups in total. The highest BCUT2D eigenvalue weighted by Crippen LogP contribution is 2.09. The molecule has 0 saturated heterocycles. The van der Waals surface area contributed by atoms with Crippen LogP contribution >= 0.6 is 0 Å². The highest BCUT2D eigenvalue weighted by Gasteiger charge is 2.11. The minimum atomic E-state index is -0.492. The van der Waals surface area contributed by atoms with Gasteiger partial charge in [-0.2, -0.15) is 4.98 Å². The number of rotatable bonds is 5. The van der Waals surface area contributed by atoms with Gasteiger partial charge >= 0.3 is 5.97 Å². The monoisotopic (exact) mass is 251 g/mol. The van der Waals surface area contributed by atoms with E-state index in [-0.39, 0.29) is 5.76 Å². The second kappa shape index (κ2) is 5.46. The molecule has 0 fully saturated rings. The predicted molar refractivity (Wildman–Crippen MR) is 59.6 cm³/mol.